The summed E-state index contributed by atoms with van der Waals surface area (Å²) in [5.41, 5.74) is 2.57. The third kappa shape index (κ3) is 3.55. The molecule has 1 heterocycles. The average Bonchev–Trinajstić information content (AvgIpc) is 2.40. The number of hydrogen-bond donors (Lipinski definition) is 1. The fraction of sp³-hybridized carbons (Fsp3) is 0.600. The molecule has 0 aliphatic carbocycles. The summed E-state index contributed by atoms with van der Waals surface area (Å²) in [7, 11) is 0. The molecule has 2 rings (SSSR count). The van der Waals surface area contributed by atoms with Gasteiger partial charge >= 0.3 is 0 Å². The zero-order valence-corrected chi connectivity index (χ0v) is 10.6. The highest BCUT2D eigenvalue weighted by Crippen LogP contribution is 2.20. The number of rotatable bonds is 4. The molecule has 2 atom stereocenters. The third-order valence-electron chi connectivity index (χ3n) is 3.62. The summed E-state index contributed by atoms with van der Waals surface area (Å²) in [6, 6.07) is 8.57. The molecule has 0 radical (unpaired) electrons. The van der Waals surface area contributed by atoms with E-state index in [9.17, 15) is 5.11 Å². The maximum Gasteiger partial charge on any atom is 0.0630 e. The minimum Gasteiger partial charge on any atom is -0.392 e. The van der Waals surface area contributed by atoms with Crippen LogP contribution in [0, 0.1) is 5.92 Å². The molecule has 1 aromatic rings. The van der Waals surface area contributed by atoms with Gasteiger partial charge in [-0.05, 0) is 36.8 Å². The lowest BCUT2D eigenvalue weighted by Gasteiger charge is -2.26. The van der Waals surface area contributed by atoms with E-state index in [4.69, 9.17) is 4.74 Å². The van der Waals surface area contributed by atoms with Crippen LogP contribution in [0.1, 0.15) is 30.9 Å². The van der Waals surface area contributed by atoms with E-state index >= 15 is 0 Å². The van der Waals surface area contributed by atoms with Gasteiger partial charge in [0.05, 0.1) is 12.7 Å². The molecule has 2 unspecified atom stereocenters. The molecule has 17 heavy (non-hydrogen) atoms. The zero-order valence-electron chi connectivity index (χ0n) is 10.6. The van der Waals surface area contributed by atoms with E-state index in [0.717, 1.165) is 32.3 Å². The molecule has 1 N–H and O–H groups in total. The molecule has 2 nitrogen and oxygen atoms in total. The van der Waals surface area contributed by atoms with Crippen LogP contribution in [-0.2, 0) is 17.6 Å². The first kappa shape index (κ1) is 12.6. The van der Waals surface area contributed by atoms with Gasteiger partial charge in [-0.3, -0.25) is 0 Å². The highest BCUT2D eigenvalue weighted by molar-refractivity contribution is 5.23. The maximum absolute atomic E-state index is 10.2. The van der Waals surface area contributed by atoms with Gasteiger partial charge in [0.1, 0.15) is 0 Å². The first-order chi connectivity index (χ1) is 8.29. The van der Waals surface area contributed by atoms with Gasteiger partial charge in [-0.15, -0.1) is 0 Å². The molecular weight excluding hydrogens is 212 g/mol. The van der Waals surface area contributed by atoms with Gasteiger partial charge in [0.2, 0.25) is 0 Å². The highest BCUT2D eigenvalue weighted by atomic mass is 16.5. The van der Waals surface area contributed by atoms with Crippen molar-refractivity contribution in [2.24, 2.45) is 5.92 Å². The number of aliphatic hydroxyl groups excluding tert-OH is 1. The minimum absolute atomic E-state index is 0.261. The second kappa shape index (κ2) is 6.18. The van der Waals surface area contributed by atoms with E-state index in [2.05, 4.69) is 31.2 Å². The molecule has 94 valence electrons. The Hall–Kier alpha value is -0.860. The van der Waals surface area contributed by atoms with Crippen molar-refractivity contribution in [1.29, 1.82) is 0 Å². The number of ether oxygens (including phenoxy) is 1. The molecule has 0 amide bonds. The van der Waals surface area contributed by atoms with Crippen molar-refractivity contribution in [2.75, 3.05) is 13.2 Å². The minimum atomic E-state index is -0.261. The van der Waals surface area contributed by atoms with E-state index in [-0.39, 0.29) is 6.10 Å². The van der Waals surface area contributed by atoms with Crippen LogP contribution in [0.4, 0.5) is 0 Å². The summed E-state index contributed by atoms with van der Waals surface area (Å²) in [6.07, 6.45) is 3.73. The lowest BCUT2D eigenvalue weighted by molar-refractivity contribution is -0.00847. The smallest absolute Gasteiger partial charge is 0.0630 e. The Morgan fingerprint density at radius 3 is 2.59 bits per heavy atom. The van der Waals surface area contributed by atoms with Gasteiger partial charge in [0, 0.05) is 12.5 Å². The van der Waals surface area contributed by atoms with Gasteiger partial charge in [-0.25, -0.2) is 0 Å². The van der Waals surface area contributed by atoms with Crippen LogP contribution in [0.3, 0.4) is 0 Å². The largest absolute Gasteiger partial charge is 0.392 e. The molecular formula is C15H22O2. The molecule has 1 aliphatic rings. The van der Waals surface area contributed by atoms with E-state index in [0.29, 0.717) is 12.5 Å². The van der Waals surface area contributed by atoms with Gasteiger partial charge in [0.15, 0.2) is 0 Å². The van der Waals surface area contributed by atoms with Crippen LogP contribution in [-0.4, -0.2) is 24.4 Å². The van der Waals surface area contributed by atoms with Crippen LogP contribution < -0.4 is 0 Å². The second-order valence-electron chi connectivity index (χ2n) is 4.92. The Balaban J connectivity index is 1.89. The predicted molar refractivity (Wildman–Crippen MR) is 69.1 cm³/mol. The Bertz CT molecular complexity index is 325. The normalized spacial score (nSPS) is 22.4. The number of aryl methyl sites for hydroxylation is 1. The number of aliphatic hydroxyl groups is 1. The fourth-order valence-electron chi connectivity index (χ4n) is 2.39. The second-order valence-corrected chi connectivity index (χ2v) is 4.92. The van der Waals surface area contributed by atoms with Crippen molar-refractivity contribution < 1.29 is 9.84 Å². The van der Waals surface area contributed by atoms with Crippen molar-refractivity contribution in [3.8, 4) is 0 Å². The lowest BCUT2D eigenvalue weighted by atomic mass is 9.91. The Morgan fingerprint density at radius 2 is 2.00 bits per heavy atom. The third-order valence-corrected chi connectivity index (χ3v) is 3.62. The lowest BCUT2D eigenvalue weighted by Crippen LogP contribution is -2.30. The fourth-order valence-corrected chi connectivity index (χ4v) is 2.39. The van der Waals surface area contributed by atoms with E-state index < -0.39 is 0 Å². The Labute approximate surface area is 104 Å². The van der Waals surface area contributed by atoms with Gasteiger partial charge in [0.25, 0.3) is 0 Å². The summed E-state index contributed by atoms with van der Waals surface area (Å²) in [5.74, 6) is 0.314. The van der Waals surface area contributed by atoms with Crippen molar-refractivity contribution >= 4 is 0 Å². The van der Waals surface area contributed by atoms with Gasteiger partial charge in [-0.1, -0.05) is 31.2 Å². The summed E-state index contributed by atoms with van der Waals surface area (Å²) in [5, 5.41) is 10.2. The predicted octanol–water partition coefficient (Wildman–Crippen LogP) is 2.58. The summed E-state index contributed by atoms with van der Waals surface area (Å²) in [4.78, 5) is 0. The molecule has 1 saturated heterocycles. The summed E-state index contributed by atoms with van der Waals surface area (Å²) in [6.45, 7) is 3.73. The molecule has 0 spiro atoms. The van der Waals surface area contributed by atoms with Gasteiger partial charge < -0.3 is 9.84 Å². The van der Waals surface area contributed by atoms with Crippen LogP contribution in [0.5, 0.6) is 0 Å². The molecule has 0 saturated carbocycles. The van der Waals surface area contributed by atoms with E-state index in [1.165, 1.54) is 11.1 Å². The Morgan fingerprint density at radius 1 is 1.29 bits per heavy atom. The monoisotopic (exact) mass is 234 g/mol. The Kier molecular flexibility index (Phi) is 4.57. The van der Waals surface area contributed by atoms with Crippen molar-refractivity contribution in [3.05, 3.63) is 35.4 Å². The molecule has 1 aliphatic heterocycles. The molecule has 0 aromatic heterocycles. The SMILES string of the molecule is CCc1ccc(CC(O)C2CCCOC2)cc1. The average molecular weight is 234 g/mol. The maximum atomic E-state index is 10.2. The number of hydrogen-bond acceptors (Lipinski definition) is 2. The quantitative estimate of drug-likeness (QED) is 0.867. The molecule has 2 heteroatoms. The van der Waals surface area contributed by atoms with E-state index in [1.807, 2.05) is 0 Å². The standard InChI is InChI=1S/C15H22O2/c1-2-12-5-7-13(8-6-12)10-15(16)14-4-3-9-17-11-14/h5-8,14-16H,2-4,9-11H2,1H3. The van der Waals surface area contributed by atoms with Crippen LogP contribution in [0.15, 0.2) is 24.3 Å². The number of benzene rings is 1. The summed E-state index contributed by atoms with van der Waals surface area (Å²) >= 11 is 0. The first-order valence-electron chi connectivity index (χ1n) is 6.63. The van der Waals surface area contributed by atoms with Crippen molar-refractivity contribution in [2.45, 2.75) is 38.7 Å². The summed E-state index contributed by atoms with van der Waals surface area (Å²) < 4.78 is 5.42. The van der Waals surface area contributed by atoms with Gasteiger partial charge in [-0.2, -0.15) is 0 Å². The van der Waals surface area contributed by atoms with Crippen LogP contribution >= 0.6 is 0 Å². The zero-order chi connectivity index (χ0) is 12.1. The molecule has 0 bridgehead atoms. The molecule has 1 fully saturated rings. The van der Waals surface area contributed by atoms with Crippen LogP contribution in [0.25, 0.3) is 0 Å². The molecule has 1 aromatic carbocycles. The van der Waals surface area contributed by atoms with Crippen molar-refractivity contribution in [3.63, 3.8) is 0 Å². The van der Waals surface area contributed by atoms with E-state index in [1.54, 1.807) is 0 Å². The van der Waals surface area contributed by atoms with Crippen LogP contribution in [0.2, 0.25) is 0 Å². The first-order valence-corrected chi connectivity index (χ1v) is 6.63. The highest BCUT2D eigenvalue weighted by Gasteiger charge is 2.22. The van der Waals surface area contributed by atoms with Crippen molar-refractivity contribution in [1.82, 2.24) is 0 Å². The topological polar surface area (TPSA) is 29.5 Å².